The number of fused-ring (bicyclic) bond motifs is 1. The molecule has 8 atom stereocenters. The third-order valence-corrected chi connectivity index (χ3v) is 9.97. The van der Waals surface area contributed by atoms with E-state index in [-0.39, 0.29) is 23.8 Å². The predicted molar refractivity (Wildman–Crippen MR) is 150 cm³/mol. The summed E-state index contributed by atoms with van der Waals surface area (Å²) < 4.78 is 6.48. The molecule has 1 spiro atoms. The van der Waals surface area contributed by atoms with Crippen LogP contribution in [-0.2, 0) is 19.1 Å². The Morgan fingerprint density at radius 1 is 1.21 bits per heavy atom. The maximum atomic E-state index is 14.0. The van der Waals surface area contributed by atoms with Crippen LogP contribution in [0.1, 0.15) is 53.4 Å². The molecule has 0 unspecified atom stereocenters. The van der Waals surface area contributed by atoms with E-state index >= 15 is 0 Å². The van der Waals surface area contributed by atoms with Gasteiger partial charge in [0.1, 0.15) is 11.6 Å². The van der Waals surface area contributed by atoms with Crippen molar-refractivity contribution in [2.24, 2.45) is 29.6 Å². The van der Waals surface area contributed by atoms with Gasteiger partial charge in [-0.3, -0.25) is 14.4 Å². The minimum Gasteiger partial charge on any atom is -0.359 e. The van der Waals surface area contributed by atoms with Crippen molar-refractivity contribution in [1.29, 1.82) is 0 Å². The van der Waals surface area contributed by atoms with Crippen LogP contribution in [0.25, 0.3) is 0 Å². The molecule has 1 aliphatic carbocycles. The molecule has 3 heterocycles. The van der Waals surface area contributed by atoms with Crippen LogP contribution in [0.15, 0.2) is 41.3 Å². The molecule has 0 aromatic heterocycles. The van der Waals surface area contributed by atoms with E-state index in [1.807, 2.05) is 42.7 Å². The molecule has 3 fully saturated rings. The molecule has 3 amide bonds. The molecule has 1 saturated carbocycles. The highest BCUT2D eigenvalue weighted by Gasteiger charge is 2.72. The third kappa shape index (κ3) is 4.68. The van der Waals surface area contributed by atoms with Gasteiger partial charge in [-0.25, -0.2) is 0 Å². The van der Waals surface area contributed by atoms with Crippen LogP contribution in [-0.4, -0.2) is 59.2 Å². The van der Waals surface area contributed by atoms with E-state index in [0.717, 1.165) is 24.2 Å². The van der Waals surface area contributed by atoms with Crippen molar-refractivity contribution in [3.63, 3.8) is 0 Å². The van der Waals surface area contributed by atoms with Gasteiger partial charge in [-0.1, -0.05) is 58.8 Å². The highest BCUT2D eigenvalue weighted by molar-refractivity contribution is 7.98. The SMILES string of the molecule is CSc1cccc(NC(=O)[C@H]2[C@H]3C=C[C@@]4(O3)[C@H]2C(=O)N(CCC(C)C)[C@@H]4C(=O)N[C@@H]2CCC[C@@H](C)[C@H]2C)c1. The fraction of sp³-hybridized carbons (Fsp3) is 0.633. The maximum absolute atomic E-state index is 14.0. The number of carbonyl (C=O) groups is 3. The molecule has 2 bridgehead atoms. The molecule has 8 heteroatoms. The first-order valence-corrected chi connectivity index (χ1v) is 15.3. The summed E-state index contributed by atoms with van der Waals surface area (Å²) in [4.78, 5) is 44.4. The molecule has 3 aliphatic heterocycles. The van der Waals surface area contributed by atoms with Crippen molar-refractivity contribution in [3.05, 3.63) is 36.4 Å². The van der Waals surface area contributed by atoms with Crippen LogP contribution in [0.3, 0.4) is 0 Å². The number of amides is 3. The molecule has 0 radical (unpaired) electrons. The van der Waals surface area contributed by atoms with Crippen molar-refractivity contribution in [2.75, 3.05) is 18.1 Å². The Kier molecular flexibility index (Phi) is 7.66. The van der Waals surface area contributed by atoms with Gasteiger partial charge < -0.3 is 20.3 Å². The summed E-state index contributed by atoms with van der Waals surface area (Å²) in [6.45, 7) is 9.14. The van der Waals surface area contributed by atoms with Crippen molar-refractivity contribution in [2.45, 2.75) is 82.1 Å². The smallest absolute Gasteiger partial charge is 0.246 e. The number of rotatable bonds is 8. The Morgan fingerprint density at radius 2 is 2.00 bits per heavy atom. The van der Waals surface area contributed by atoms with Gasteiger partial charge in [0.05, 0.1) is 17.9 Å². The zero-order chi connectivity index (χ0) is 27.2. The molecule has 1 aromatic carbocycles. The number of carbonyl (C=O) groups excluding carboxylic acids is 3. The summed E-state index contributed by atoms with van der Waals surface area (Å²) in [7, 11) is 0. The number of hydrogen-bond acceptors (Lipinski definition) is 5. The molecule has 7 nitrogen and oxygen atoms in total. The Labute approximate surface area is 230 Å². The van der Waals surface area contributed by atoms with Crippen molar-refractivity contribution in [1.82, 2.24) is 10.2 Å². The molecule has 4 aliphatic rings. The summed E-state index contributed by atoms with van der Waals surface area (Å²) in [6, 6.07) is 6.98. The van der Waals surface area contributed by atoms with E-state index in [0.29, 0.717) is 30.0 Å². The van der Waals surface area contributed by atoms with E-state index < -0.39 is 29.6 Å². The third-order valence-electron chi connectivity index (χ3n) is 9.24. The Balaban J connectivity index is 1.43. The fourth-order valence-electron chi connectivity index (χ4n) is 6.88. The van der Waals surface area contributed by atoms with E-state index in [1.54, 1.807) is 16.7 Å². The minimum atomic E-state index is -1.12. The number of nitrogens with zero attached hydrogens (tertiary/aromatic N) is 1. The van der Waals surface area contributed by atoms with Crippen LogP contribution in [0.4, 0.5) is 5.69 Å². The van der Waals surface area contributed by atoms with E-state index in [1.165, 1.54) is 6.42 Å². The second-order valence-corrected chi connectivity index (χ2v) is 12.9. The Morgan fingerprint density at radius 3 is 2.74 bits per heavy atom. The monoisotopic (exact) mass is 539 g/mol. The molecule has 2 N–H and O–H groups in total. The first-order valence-electron chi connectivity index (χ1n) is 14.1. The normalized spacial score (nSPS) is 35.6. The quantitative estimate of drug-likeness (QED) is 0.376. The van der Waals surface area contributed by atoms with Crippen LogP contribution in [0.2, 0.25) is 0 Å². The number of hydrogen-bond donors (Lipinski definition) is 2. The highest BCUT2D eigenvalue weighted by atomic mass is 32.2. The van der Waals surface area contributed by atoms with Gasteiger partial charge in [0.2, 0.25) is 17.7 Å². The average molecular weight is 540 g/mol. The number of anilines is 1. The van der Waals surface area contributed by atoms with Crippen LogP contribution in [0, 0.1) is 29.6 Å². The van der Waals surface area contributed by atoms with Crippen molar-refractivity contribution in [3.8, 4) is 0 Å². The lowest BCUT2D eigenvalue weighted by molar-refractivity contribution is -0.141. The second-order valence-electron chi connectivity index (χ2n) is 12.0. The lowest BCUT2D eigenvalue weighted by atomic mass is 9.73. The lowest BCUT2D eigenvalue weighted by Crippen LogP contribution is -2.58. The number of thioether (sulfide) groups is 1. The number of benzene rings is 1. The van der Waals surface area contributed by atoms with Crippen LogP contribution < -0.4 is 10.6 Å². The first kappa shape index (κ1) is 27.3. The molecule has 2 saturated heterocycles. The average Bonchev–Trinajstić information content (AvgIpc) is 3.52. The topological polar surface area (TPSA) is 87.7 Å². The van der Waals surface area contributed by atoms with Gasteiger partial charge in [-0.05, 0) is 55.1 Å². The fourth-order valence-corrected chi connectivity index (χ4v) is 7.34. The molecule has 206 valence electrons. The van der Waals surface area contributed by atoms with Gasteiger partial charge in [0.15, 0.2) is 0 Å². The lowest BCUT2D eigenvalue weighted by Gasteiger charge is -2.38. The molecular formula is C30H41N3O4S. The van der Waals surface area contributed by atoms with Gasteiger partial charge in [0, 0.05) is 23.2 Å². The zero-order valence-electron chi connectivity index (χ0n) is 23.1. The largest absolute Gasteiger partial charge is 0.359 e. The summed E-state index contributed by atoms with van der Waals surface area (Å²) in [5.74, 6) is -0.662. The maximum Gasteiger partial charge on any atom is 0.246 e. The van der Waals surface area contributed by atoms with Crippen LogP contribution in [0.5, 0.6) is 0 Å². The number of ether oxygens (including phenoxy) is 1. The number of nitrogens with one attached hydrogen (secondary N) is 2. The summed E-state index contributed by atoms with van der Waals surface area (Å²) in [5.41, 5.74) is -0.422. The highest BCUT2D eigenvalue weighted by Crippen LogP contribution is 2.55. The van der Waals surface area contributed by atoms with E-state index in [4.69, 9.17) is 4.74 Å². The zero-order valence-corrected chi connectivity index (χ0v) is 23.9. The van der Waals surface area contributed by atoms with E-state index in [2.05, 4.69) is 38.3 Å². The number of likely N-dealkylation sites (tertiary alicyclic amines) is 1. The summed E-state index contributed by atoms with van der Waals surface area (Å²) in [6.07, 6.45) is 9.22. The first-order chi connectivity index (χ1) is 18.2. The molecule has 38 heavy (non-hydrogen) atoms. The van der Waals surface area contributed by atoms with Crippen molar-refractivity contribution < 1.29 is 19.1 Å². The Bertz CT molecular complexity index is 1120. The van der Waals surface area contributed by atoms with Gasteiger partial charge >= 0.3 is 0 Å². The van der Waals surface area contributed by atoms with Gasteiger partial charge in [0.25, 0.3) is 0 Å². The second kappa shape index (κ2) is 10.7. The molecular weight excluding hydrogens is 498 g/mol. The Hall–Kier alpha value is -2.32. The van der Waals surface area contributed by atoms with Crippen molar-refractivity contribution >= 4 is 35.2 Å². The molecule has 1 aromatic rings. The summed E-state index contributed by atoms with van der Waals surface area (Å²) in [5, 5.41) is 6.34. The van der Waals surface area contributed by atoms with Crippen LogP contribution >= 0.6 is 11.8 Å². The van der Waals surface area contributed by atoms with Gasteiger partial charge in [-0.15, -0.1) is 11.8 Å². The van der Waals surface area contributed by atoms with E-state index in [9.17, 15) is 14.4 Å². The summed E-state index contributed by atoms with van der Waals surface area (Å²) >= 11 is 1.60. The standard InChI is InChI=1S/C30H41N3O4S/c1-17(2)13-15-33-26(28(35)32-22-11-6-8-18(3)19(22)4)30-14-12-23(37-30)24(25(30)29(33)36)27(34)31-20-9-7-10-21(16-20)38-5/h7,9-10,12,14,16-19,22-26H,6,8,11,13,15H2,1-5H3,(H,31,34)(H,32,35)/t18-,19-,22-,23-,24+,25-,26-,30-/m1/s1. The predicted octanol–water partition coefficient (Wildman–Crippen LogP) is 4.48. The minimum absolute atomic E-state index is 0.0779. The molecule has 5 rings (SSSR count). The van der Waals surface area contributed by atoms with Gasteiger partial charge in [-0.2, -0.15) is 0 Å².